The molecule has 0 unspecified atom stereocenters. The Kier molecular flexibility index (Phi) is 9.20. The molecule has 2 aromatic carbocycles. The molecule has 0 saturated carbocycles. The van der Waals surface area contributed by atoms with Crippen molar-refractivity contribution in [2.45, 2.75) is 25.2 Å². The van der Waals surface area contributed by atoms with Gasteiger partial charge in [-0.25, -0.2) is 0 Å². The zero-order chi connectivity index (χ0) is 23.8. The lowest BCUT2D eigenvalue weighted by Gasteiger charge is -2.09. The molecule has 0 saturated heterocycles. The number of halogens is 3. The molecule has 2 amide bonds. The third kappa shape index (κ3) is 6.98. The Labute approximate surface area is 210 Å². The van der Waals surface area contributed by atoms with Crippen LogP contribution in [0.5, 0.6) is 0 Å². The Morgan fingerprint density at radius 1 is 1.06 bits per heavy atom. The normalized spacial score (nSPS) is 11.0. The SMILES string of the molecule is CCn1c(CNC(=O)/C=C/c2ccccc2Cl)nnc1SCC(=O)Nc1cccc(Cl)c1Cl. The molecule has 0 aliphatic heterocycles. The Morgan fingerprint density at radius 2 is 1.82 bits per heavy atom. The smallest absolute Gasteiger partial charge is 0.244 e. The fourth-order valence-electron chi connectivity index (χ4n) is 2.79. The highest BCUT2D eigenvalue weighted by Crippen LogP contribution is 2.29. The minimum Gasteiger partial charge on any atom is -0.345 e. The van der Waals surface area contributed by atoms with Crippen LogP contribution in [0.3, 0.4) is 0 Å². The van der Waals surface area contributed by atoms with Gasteiger partial charge in [0.05, 0.1) is 28.0 Å². The van der Waals surface area contributed by atoms with E-state index in [1.165, 1.54) is 17.8 Å². The van der Waals surface area contributed by atoms with Crippen molar-refractivity contribution < 1.29 is 9.59 Å². The van der Waals surface area contributed by atoms with E-state index in [2.05, 4.69) is 20.8 Å². The van der Waals surface area contributed by atoms with Crippen molar-refractivity contribution >= 4 is 70.1 Å². The molecule has 1 heterocycles. The second-order valence-electron chi connectivity index (χ2n) is 6.65. The van der Waals surface area contributed by atoms with Gasteiger partial charge >= 0.3 is 0 Å². The fraction of sp³-hybridized carbons (Fsp3) is 0.182. The van der Waals surface area contributed by atoms with Crippen LogP contribution in [0.1, 0.15) is 18.3 Å². The van der Waals surface area contributed by atoms with Crippen molar-refractivity contribution in [3.63, 3.8) is 0 Å². The first kappa shape index (κ1) is 25.1. The van der Waals surface area contributed by atoms with Gasteiger partial charge in [0.15, 0.2) is 11.0 Å². The Morgan fingerprint density at radius 3 is 2.58 bits per heavy atom. The number of anilines is 1. The Bertz CT molecular complexity index is 1180. The van der Waals surface area contributed by atoms with Crippen LogP contribution in [0.15, 0.2) is 53.7 Å². The highest BCUT2D eigenvalue weighted by atomic mass is 35.5. The van der Waals surface area contributed by atoms with Crippen molar-refractivity contribution in [3.8, 4) is 0 Å². The van der Waals surface area contributed by atoms with E-state index in [1.54, 1.807) is 30.3 Å². The first-order valence-corrected chi connectivity index (χ1v) is 12.0. The number of carbonyl (C=O) groups excluding carboxylic acids is 2. The van der Waals surface area contributed by atoms with Crippen molar-refractivity contribution in [3.05, 3.63) is 75.0 Å². The van der Waals surface area contributed by atoms with E-state index >= 15 is 0 Å². The Balaban J connectivity index is 1.55. The molecule has 172 valence electrons. The number of rotatable bonds is 9. The summed E-state index contributed by atoms with van der Waals surface area (Å²) < 4.78 is 1.84. The molecule has 7 nitrogen and oxygen atoms in total. The molecule has 33 heavy (non-hydrogen) atoms. The van der Waals surface area contributed by atoms with Crippen LogP contribution >= 0.6 is 46.6 Å². The fourth-order valence-corrected chi connectivity index (χ4v) is 4.16. The van der Waals surface area contributed by atoms with Crippen LogP contribution in [0.4, 0.5) is 5.69 Å². The molecule has 0 aliphatic carbocycles. The predicted molar refractivity (Wildman–Crippen MR) is 134 cm³/mol. The van der Waals surface area contributed by atoms with Crippen molar-refractivity contribution in [1.82, 2.24) is 20.1 Å². The summed E-state index contributed by atoms with van der Waals surface area (Å²) in [5.41, 5.74) is 1.20. The van der Waals surface area contributed by atoms with Gasteiger partial charge < -0.3 is 15.2 Å². The maximum Gasteiger partial charge on any atom is 0.244 e. The molecule has 3 aromatic rings. The van der Waals surface area contributed by atoms with Gasteiger partial charge in [-0.15, -0.1) is 10.2 Å². The van der Waals surface area contributed by atoms with E-state index in [-0.39, 0.29) is 29.1 Å². The highest BCUT2D eigenvalue weighted by Gasteiger charge is 2.15. The van der Waals surface area contributed by atoms with Crippen molar-refractivity contribution in [2.24, 2.45) is 0 Å². The lowest BCUT2D eigenvalue weighted by atomic mass is 10.2. The summed E-state index contributed by atoms with van der Waals surface area (Å²) in [5.74, 6) is 0.146. The van der Waals surface area contributed by atoms with E-state index < -0.39 is 0 Å². The first-order valence-electron chi connectivity index (χ1n) is 9.88. The van der Waals surface area contributed by atoms with Gasteiger partial charge in [-0.05, 0) is 36.8 Å². The first-order chi connectivity index (χ1) is 15.9. The molecule has 0 atom stereocenters. The van der Waals surface area contributed by atoms with Crippen molar-refractivity contribution in [1.29, 1.82) is 0 Å². The number of aromatic nitrogens is 3. The number of hydrogen-bond acceptors (Lipinski definition) is 5. The van der Waals surface area contributed by atoms with Gasteiger partial charge in [-0.1, -0.05) is 70.8 Å². The summed E-state index contributed by atoms with van der Waals surface area (Å²) in [7, 11) is 0. The molecule has 2 N–H and O–H groups in total. The number of nitrogens with one attached hydrogen (secondary N) is 2. The van der Waals surface area contributed by atoms with Crippen LogP contribution in [-0.2, 0) is 22.7 Å². The van der Waals surface area contributed by atoms with Crippen LogP contribution in [0.2, 0.25) is 15.1 Å². The summed E-state index contributed by atoms with van der Waals surface area (Å²) in [6.45, 7) is 2.71. The minimum atomic E-state index is -0.285. The minimum absolute atomic E-state index is 0.105. The maximum absolute atomic E-state index is 12.3. The molecule has 0 bridgehead atoms. The summed E-state index contributed by atoms with van der Waals surface area (Å²) in [6.07, 6.45) is 3.06. The van der Waals surface area contributed by atoms with Gasteiger partial charge in [0.1, 0.15) is 0 Å². The number of amides is 2. The molecule has 11 heteroatoms. The van der Waals surface area contributed by atoms with Gasteiger partial charge in [0, 0.05) is 17.6 Å². The number of benzene rings is 2. The molecule has 0 radical (unpaired) electrons. The number of nitrogens with zero attached hydrogens (tertiary/aromatic N) is 3. The average Bonchev–Trinajstić information content (AvgIpc) is 3.20. The molecule has 0 fully saturated rings. The van der Waals surface area contributed by atoms with E-state index in [1.807, 2.05) is 29.7 Å². The largest absolute Gasteiger partial charge is 0.345 e. The number of hydrogen-bond donors (Lipinski definition) is 2. The second-order valence-corrected chi connectivity index (χ2v) is 8.79. The Hall–Kier alpha value is -2.52. The summed E-state index contributed by atoms with van der Waals surface area (Å²) in [5, 5.41) is 15.6. The van der Waals surface area contributed by atoms with Crippen LogP contribution in [-0.4, -0.2) is 32.3 Å². The molecule has 3 rings (SSSR count). The molecular formula is C22H20Cl3N5O2S. The monoisotopic (exact) mass is 523 g/mol. The third-order valence-electron chi connectivity index (χ3n) is 4.41. The second kappa shape index (κ2) is 12.1. The molecule has 1 aromatic heterocycles. The molecular weight excluding hydrogens is 505 g/mol. The van der Waals surface area contributed by atoms with Gasteiger partial charge in [-0.2, -0.15) is 0 Å². The summed E-state index contributed by atoms with van der Waals surface area (Å²) in [4.78, 5) is 24.5. The quantitative estimate of drug-likeness (QED) is 0.292. The van der Waals surface area contributed by atoms with Crippen LogP contribution < -0.4 is 10.6 Å². The summed E-state index contributed by atoms with van der Waals surface area (Å²) >= 11 is 19.4. The number of carbonyl (C=O) groups is 2. The zero-order valence-corrected chi connectivity index (χ0v) is 20.6. The molecule has 0 aliphatic rings. The lowest BCUT2D eigenvalue weighted by Crippen LogP contribution is -2.22. The van der Waals surface area contributed by atoms with Crippen LogP contribution in [0, 0.1) is 0 Å². The van der Waals surface area contributed by atoms with E-state index in [0.717, 1.165) is 5.56 Å². The standard InChI is InChI=1S/C22H20Cl3N5O2S/c1-2-30-18(12-26-19(31)11-10-14-6-3-4-7-15(14)23)28-29-22(30)33-13-20(32)27-17-9-5-8-16(24)21(17)25/h3-11H,2,12-13H2,1H3,(H,26,31)(H,27,32)/b11-10+. The lowest BCUT2D eigenvalue weighted by molar-refractivity contribution is -0.116. The molecule has 0 spiro atoms. The van der Waals surface area contributed by atoms with E-state index in [0.29, 0.717) is 33.3 Å². The van der Waals surface area contributed by atoms with Gasteiger partial charge in [0.2, 0.25) is 11.8 Å². The average molecular weight is 525 g/mol. The zero-order valence-electron chi connectivity index (χ0n) is 17.5. The highest BCUT2D eigenvalue weighted by molar-refractivity contribution is 7.99. The van der Waals surface area contributed by atoms with E-state index in [4.69, 9.17) is 34.8 Å². The summed E-state index contributed by atoms with van der Waals surface area (Å²) in [6, 6.07) is 12.3. The van der Waals surface area contributed by atoms with Gasteiger partial charge in [0.25, 0.3) is 0 Å². The third-order valence-corrected chi connectivity index (χ3v) is 6.54. The predicted octanol–water partition coefficient (Wildman–Crippen LogP) is 5.32. The van der Waals surface area contributed by atoms with Crippen molar-refractivity contribution in [2.75, 3.05) is 11.1 Å². The maximum atomic E-state index is 12.3. The topological polar surface area (TPSA) is 88.9 Å². The number of thioether (sulfide) groups is 1. The van der Waals surface area contributed by atoms with Gasteiger partial charge in [-0.3, -0.25) is 9.59 Å². The van der Waals surface area contributed by atoms with E-state index in [9.17, 15) is 9.59 Å². The van der Waals surface area contributed by atoms with Crippen LogP contribution in [0.25, 0.3) is 6.08 Å².